The molecule has 0 saturated heterocycles. The monoisotopic (exact) mass is 697 g/mol. The lowest BCUT2D eigenvalue weighted by Crippen LogP contribution is -2.55. The minimum Gasteiger partial charge on any atom is -0.497 e. The molecule has 2 amide bonds. The number of carbonyl (C=O) groups is 2. The Morgan fingerprint density at radius 1 is 0.840 bits per heavy atom. The summed E-state index contributed by atoms with van der Waals surface area (Å²) in [5.74, 6) is 0.416. The maximum absolute atomic E-state index is 14.8. The summed E-state index contributed by atoms with van der Waals surface area (Å²) in [6, 6.07) is 29.2. The highest BCUT2D eigenvalue weighted by atomic mass is 32.2. The van der Waals surface area contributed by atoms with Crippen LogP contribution in [0.1, 0.15) is 55.7 Å². The number of nitrogens with zero attached hydrogens (tertiary/aromatic N) is 2. The number of nitrogens with one attached hydrogen (secondary N) is 1. The first kappa shape index (κ1) is 36.5. The van der Waals surface area contributed by atoms with Gasteiger partial charge in [0, 0.05) is 19.0 Å². The van der Waals surface area contributed by atoms with Crippen molar-refractivity contribution in [3.8, 4) is 11.5 Å². The number of ether oxygens (including phenoxy) is 2. The van der Waals surface area contributed by atoms with E-state index >= 15 is 0 Å². The lowest BCUT2D eigenvalue weighted by Gasteiger charge is -2.35. The van der Waals surface area contributed by atoms with E-state index in [2.05, 4.69) is 5.32 Å². The second-order valence-corrected chi connectivity index (χ2v) is 14.5. The molecule has 1 saturated carbocycles. The molecule has 4 aromatic carbocycles. The van der Waals surface area contributed by atoms with Gasteiger partial charge in [-0.2, -0.15) is 0 Å². The molecule has 1 aliphatic rings. The maximum Gasteiger partial charge on any atom is 0.264 e. The van der Waals surface area contributed by atoms with Crippen LogP contribution < -0.4 is 19.1 Å². The summed E-state index contributed by atoms with van der Waals surface area (Å²) in [6.07, 6.45) is 5.23. The number of anilines is 1. The minimum absolute atomic E-state index is 0.0190. The number of rotatable bonds is 15. The molecule has 0 aliphatic heterocycles. The van der Waals surface area contributed by atoms with Crippen LogP contribution >= 0.6 is 0 Å². The van der Waals surface area contributed by atoms with E-state index in [4.69, 9.17) is 9.47 Å². The van der Waals surface area contributed by atoms with Crippen LogP contribution in [0.2, 0.25) is 0 Å². The molecular formula is C40H47N3O6S. The van der Waals surface area contributed by atoms with E-state index in [1.807, 2.05) is 68.4 Å². The predicted molar refractivity (Wildman–Crippen MR) is 196 cm³/mol. The van der Waals surface area contributed by atoms with E-state index in [9.17, 15) is 18.0 Å². The van der Waals surface area contributed by atoms with Gasteiger partial charge in [0.1, 0.15) is 24.1 Å². The number of amides is 2. The quantitative estimate of drug-likeness (QED) is 0.149. The minimum atomic E-state index is -4.21. The van der Waals surface area contributed by atoms with Crippen LogP contribution in [0, 0.1) is 6.92 Å². The molecule has 264 valence electrons. The van der Waals surface area contributed by atoms with Crippen molar-refractivity contribution >= 4 is 27.5 Å². The van der Waals surface area contributed by atoms with Crippen LogP contribution in [0.3, 0.4) is 0 Å². The molecule has 10 heteroatoms. The Morgan fingerprint density at radius 3 is 2.18 bits per heavy atom. The van der Waals surface area contributed by atoms with Gasteiger partial charge in [0.25, 0.3) is 10.0 Å². The fraction of sp³-hybridized carbons (Fsp3) is 0.350. The average Bonchev–Trinajstić information content (AvgIpc) is 3.13. The van der Waals surface area contributed by atoms with Crippen molar-refractivity contribution in [3.05, 3.63) is 120 Å². The van der Waals surface area contributed by atoms with Crippen LogP contribution in [0.25, 0.3) is 0 Å². The van der Waals surface area contributed by atoms with Crippen molar-refractivity contribution in [2.24, 2.45) is 0 Å². The Bertz CT molecular complexity index is 1810. The third-order valence-electron chi connectivity index (χ3n) is 9.03. The molecule has 4 aromatic rings. The number of aryl methyl sites for hydroxylation is 1. The predicted octanol–water partition coefficient (Wildman–Crippen LogP) is 6.69. The van der Waals surface area contributed by atoms with Crippen LogP contribution in [0.5, 0.6) is 11.5 Å². The van der Waals surface area contributed by atoms with E-state index in [-0.39, 0.29) is 29.8 Å². The molecule has 0 radical (unpaired) electrons. The van der Waals surface area contributed by atoms with Crippen molar-refractivity contribution in [2.75, 3.05) is 24.6 Å². The van der Waals surface area contributed by atoms with Gasteiger partial charge in [-0.05, 0) is 86.3 Å². The molecule has 0 bridgehead atoms. The van der Waals surface area contributed by atoms with E-state index in [0.717, 1.165) is 53.1 Å². The SMILES string of the molecule is CCOc1ccc(N(CC(=O)N(Cc2cccc(OC)c2)C(Cc2ccccc2)C(=O)NC2CCCCC2)S(=O)(=O)c2ccc(C)cc2)cc1. The van der Waals surface area contributed by atoms with Gasteiger partial charge in [0.15, 0.2) is 0 Å². The third kappa shape index (κ3) is 9.44. The first-order chi connectivity index (χ1) is 24.2. The summed E-state index contributed by atoms with van der Waals surface area (Å²) in [6.45, 7) is 3.73. The number of hydrogen-bond donors (Lipinski definition) is 1. The molecule has 50 heavy (non-hydrogen) atoms. The van der Waals surface area contributed by atoms with E-state index in [0.29, 0.717) is 23.8 Å². The molecule has 5 rings (SSSR count). The summed E-state index contributed by atoms with van der Waals surface area (Å²) < 4.78 is 40.9. The van der Waals surface area contributed by atoms with Crippen molar-refractivity contribution < 1.29 is 27.5 Å². The molecule has 1 unspecified atom stereocenters. The maximum atomic E-state index is 14.8. The Kier molecular flexibility index (Phi) is 12.5. The lowest BCUT2D eigenvalue weighted by atomic mass is 9.94. The highest BCUT2D eigenvalue weighted by Gasteiger charge is 2.35. The van der Waals surface area contributed by atoms with Gasteiger partial charge < -0.3 is 19.7 Å². The number of sulfonamides is 1. The number of methoxy groups -OCH3 is 1. The van der Waals surface area contributed by atoms with E-state index in [1.165, 1.54) is 4.90 Å². The molecule has 9 nitrogen and oxygen atoms in total. The molecule has 1 N–H and O–H groups in total. The summed E-state index contributed by atoms with van der Waals surface area (Å²) in [4.78, 5) is 30.7. The Balaban J connectivity index is 1.57. The van der Waals surface area contributed by atoms with Gasteiger partial charge in [-0.1, -0.05) is 79.4 Å². The van der Waals surface area contributed by atoms with Crippen molar-refractivity contribution in [3.63, 3.8) is 0 Å². The number of carbonyl (C=O) groups excluding carboxylic acids is 2. The molecule has 1 aliphatic carbocycles. The zero-order valence-electron chi connectivity index (χ0n) is 29.1. The number of benzene rings is 4. The average molecular weight is 698 g/mol. The van der Waals surface area contributed by atoms with Gasteiger partial charge in [0.05, 0.1) is 24.3 Å². The highest BCUT2D eigenvalue weighted by molar-refractivity contribution is 7.92. The Labute approximate surface area is 296 Å². The third-order valence-corrected chi connectivity index (χ3v) is 10.8. The molecule has 1 fully saturated rings. The van der Waals surface area contributed by atoms with Crippen molar-refractivity contribution in [1.82, 2.24) is 10.2 Å². The van der Waals surface area contributed by atoms with Crippen LogP contribution in [-0.2, 0) is 32.6 Å². The molecule has 0 aromatic heterocycles. The molecule has 0 heterocycles. The van der Waals surface area contributed by atoms with Crippen LogP contribution in [0.15, 0.2) is 108 Å². The zero-order chi connectivity index (χ0) is 35.5. The normalized spacial score (nSPS) is 14.0. The van der Waals surface area contributed by atoms with Gasteiger partial charge in [-0.25, -0.2) is 8.42 Å². The topological polar surface area (TPSA) is 105 Å². The first-order valence-corrected chi connectivity index (χ1v) is 18.7. The van der Waals surface area contributed by atoms with Gasteiger partial charge >= 0.3 is 0 Å². The van der Waals surface area contributed by atoms with Gasteiger partial charge in [-0.15, -0.1) is 0 Å². The Morgan fingerprint density at radius 2 is 1.52 bits per heavy atom. The lowest BCUT2D eigenvalue weighted by molar-refractivity contribution is -0.140. The fourth-order valence-electron chi connectivity index (χ4n) is 6.31. The van der Waals surface area contributed by atoms with Crippen LogP contribution in [0.4, 0.5) is 5.69 Å². The standard InChI is InChI=1S/C40H47N3O6S/c1-4-49-35-22-20-34(21-23-35)43(50(46,47)37-24-18-30(2)19-25-37)29-39(44)42(28-32-14-11-17-36(26-32)48-3)38(27-31-12-7-5-8-13-31)40(45)41-33-15-9-6-10-16-33/h5,7-8,11-14,17-26,33,38H,4,6,9-10,15-16,27-29H2,1-3H3,(H,41,45). The first-order valence-electron chi connectivity index (χ1n) is 17.3. The number of hydrogen-bond acceptors (Lipinski definition) is 6. The summed E-state index contributed by atoms with van der Waals surface area (Å²) in [7, 11) is -2.64. The van der Waals surface area contributed by atoms with Crippen molar-refractivity contribution in [2.45, 2.75) is 75.9 Å². The molecule has 0 spiro atoms. The van der Waals surface area contributed by atoms with E-state index < -0.39 is 28.5 Å². The van der Waals surface area contributed by atoms with Crippen LogP contribution in [-0.4, -0.2) is 57.5 Å². The summed E-state index contributed by atoms with van der Waals surface area (Å²) in [5, 5.41) is 3.24. The highest BCUT2D eigenvalue weighted by Crippen LogP contribution is 2.28. The molecular weight excluding hydrogens is 651 g/mol. The fourth-order valence-corrected chi connectivity index (χ4v) is 7.72. The van der Waals surface area contributed by atoms with Crippen molar-refractivity contribution in [1.29, 1.82) is 0 Å². The second-order valence-electron chi connectivity index (χ2n) is 12.7. The molecule has 1 atom stereocenters. The Hall–Kier alpha value is -4.83. The second kappa shape index (κ2) is 17.2. The van der Waals surface area contributed by atoms with E-state index in [1.54, 1.807) is 55.6 Å². The summed E-state index contributed by atoms with van der Waals surface area (Å²) in [5.41, 5.74) is 2.84. The zero-order valence-corrected chi connectivity index (χ0v) is 29.9. The smallest absolute Gasteiger partial charge is 0.264 e. The van der Waals surface area contributed by atoms with Gasteiger partial charge in [-0.3, -0.25) is 13.9 Å². The van der Waals surface area contributed by atoms with Gasteiger partial charge in [0.2, 0.25) is 11.8 Å². The summed E-state index contributed by atoms with van der Waals surface area (Å²) >= 11 is 0. The largest absolute Gasteiger partial charge is 0.497 e.